The van der Waals surface area contributed by atoms with Crippen LogP contribution in [0.1, 0.15) is 11.1 Å². The summed E-state index contributed by atoms with van der Waals surface area (Å²) in [6.45, 7) is 8.62. The zero-order valence-corrected chi connectivity index (χ0v) is 12.2. The molecule has 2 aliphatic heterocycles. The Labute approximate surface area is 121 Å². The molecule has 0 saturated carbocycles. The van der Waals surface area contributed by atoms with Gasteiger partial charge in [0.2, 0.25) is 0 Å². The van der Waals surface area contributed by atoms with Crippen molar-refractivity contribution in [1.29, 1.82) is 0 Å². The molecule has 0 aliphatic carbocycles. The summed E-state index contributed by atoms with van der Waals surface area (Å²) >= 11 is 0. The smallest absolute Gasteiger partial charge is 0.0594 e. The van der Waals surface area contributed by atoms with E-state index in [1.165, 1.54) is 30.8 Å². The van der Waals surface area contributed by atoms with Crippen LogP contribution in [0.5, 0.6) is 0 Å². The molecule has 3 rings (SSSR count). The van der Waals surface area contributed by atoms with E-state index >= 15 is 0 Å². The van der Waals surface area contributed by atoms with Crippen molar-refractivity contribution in [2.24, 2.45) is 0 Å². The number of nitrogens with two attached hydrogens (primary N) is 1. The van der Waals surface area contributed by atoms with Crippen LogP contribution in [-0.4, -0.2) is 62.3 Å². The molecule has 0 unspecified atom stereocenters. The zero-order valence-electron chi connectivity index (χ0n) is 12.2. The number of hydrogen-bond acceptors (Lipinski definition) is 4. The summed E-state index contributed by atoms with van der Waals surface area (Å²) in [6.07, 6.45) is 2.28. The Balaban J connectivity index is 1.51. The number of rotatable bonds is 3. The van der Waals surface area contributed by atoms with Gasteiger partial charge in [0, 0.05) is 45.0 Å². The van der Waals surface area contributed by atoms with Crippen LogP contribution in [0.15, 0.2) is 18.2 Å². The fourth-order valence-electron chi connectivity index (χ4n) is 3.12. The summed E-state index contributed by atoms with van der Waals surface area (Å²) in [5.74, 6) is 0. The number of anilines is 1. The molecule has 2 aliphatic rings. The maximum absolute atomic E-state index is 5.89. The third-order valence-electron chi connectivity index (χ3n) is 4.46. The van der Waals surface area contributed by atoms with Crippen LogP contribution in [-0.2, 0) is 17.6 Å². The summed E-state index contributed by atoms with van der Waals surface area (Å²) in [5.41, 5.74) is 9.71. The lowest BCUT2D eigenvalue weighted by Crippen LogP contribution is -2.42. The van der Waals surface area contributed by atoms with E-state index in [4.69, 9.17) is 10.5 Å². The number of nitrogen functional groups attached to an aromatic ring is 1. The second-order valence-electron chi connectivity index (χ2n) is 5.82. The predicted octanol–water partition coefficient (Wildman–Crippen LogP) is 1.00. The zero-order chi connectivity index (χ0) is 13.8. The van der Waals surface area contributed by atoms with Crippen LogP contribution in [0.3, 0.4) is 0 Å². The first kappa shape index (κ1) is 13.9. The molecule has 0 bridgehead atoms. The van der Waals surface area contributed by atoms with E-state index in [1.807, 2.05) is 6.07 Å². The average molecular weight is 275 g/mol. The quantitative estimate of drug-likeness (QED) is 0.836. The first-order chi connectivity index (χ1) is 9.81. The maximum Gasteiger partial charge on any atom is 0.0594 e. The normalized spacial score (nSPS) is 21.4. The van der Waals surface area contributed by atoms with E-state index in [0.29, 0.717) is 0 Å². The Morgan fingerprint density at radius 1 is 0.900 bits per heavy atom. The fraction of sp³-hybridized carbons (Fsp3) is 0.625. The van der Waals surface area contributed by atoms with Gasteiger partial charge < -0.3 is 15.4 Å². The van der Waals surface area contributed by atoms with Gasteiger partial charge in [-0.05, 0) is 36.1 Å². The van der Waals surface area contributed by atoms with E-state index in [1.54, 1.807) is 0 Å². The molecule has 1 aromatic rings. The van der Waals surface area contributed by atoms with Crippen molar-refractivity contribution in [3.05, 3.63) is 29.3 Å². The summed E-state index contributed by atoms with van der Waals surface area (Å²) in [6, 6.07) is 6.39. The highest BCUT2D eigenvalue weighted by atomic mass is 16.5. The number of hydrogen-bond donors (Lipinski definition) is 1. The monoisotopic (exact) mass is 275 g/mol. The lowest BCUT2D eigenvalue weighted by atomic mass is 10.0. The number of benzene rings is 1. The molecular weight excluding hydrogens is 250 g/mol. The van der Waals surface area contributed by atoms with Crippen molar-refractivity contribution in [1.82, 2.24) is 9.80 Å². The van der Waals surface area contributed by atoms with Gasteiger partial charge in [-0.25, -0.2) is 0 Å². The van der Waals surface area contributed by atoms with E-state index < -0.39 is 0 Å². The summed E-state index contributed by atoms with van der Waals surface area (Å²) in [4.78, 5) is 5.10. The Morgan fingerprint density at radius 2 is 1.55 bits per heavy atom. The SMILES string of the molecule is Nc1ccc2c(c1)CCN(CCN1CCOCC1)CC2. The lowest BCUT2D eigenvalue weighted by molar-refractivity contribution is 0.0335. The standard InChI is InChI=1S/C16H25N3O/c17-16-2-1-14-3-5-18(6-4-15(14)13-16)7-8-19-9-11-20-12-10-19/h1-2,13H,3-12,17H2. The minimum atomic E-state index is 0.894. The minimum Gasteiger partial charge on any atom is -0.399 e. The first-order valence-corrected chi connectivity index (χ1v) is 7.71. The van der Waals surface area contributed by atoms with Gasteiger partial charge in [-0.1, -0.05) is 6.07 Å². The highest BCUT2D eigenvalue weighted by molar-refractivity contribution is 5.45. The van der Waals surface area contributed by atoms with Crippen molar-refractivity contribution in [3.63, 3.8) is 0 Å². The number of morpholine rings is 1. The topological polar surface area (TPSA) is 41.7 Å². The first-order valence-electron chi connectivity index (χ1n) is 7.71. The molecule has 2 heterocycles. The molecule has 4 nitrogen and oxygen atoms in total. The molecule has 20 heavy (non-hydrogen) atoms. The number of fused-ring (bicyclic) bond motifs is 1. The molecule has 0 atom stereocenters. The third kappa shape index (κ3) is 3.51. The Kier molecular flexibility index (Phi) is 4.55. The maximum atomic E-state index is 5.89. The Bertz CT molecular complexity index is 443. The molecule has 1 saturated heterocycles. The molecule has 1 fully saturated rings. The molecule has 2 N–H and O–H groups in total. The molecule has 0 spiro atoms. The van der Waals surface area contributed by atoms with Gasteiger partial charge >= 0.3 is 0 Å². The summed E-state index contributed by atoms with van der Waals surface area (Å²) < 4.78 is 5.40. The summed E-state index contributed by atoms with van der Waals surface area (Å²) in [7, 11) is 0. The van der Waals surface area contributed by atoms with Gasteiger partial charge in [0.05, 0.1) is 13.2 Å². The third-order valence-corrected chi connectivity index (χ3v) is 4.46. The van der Waals surface area contributed by atoms with E-state index in [9.17, 15) is 0 Å². The van der Waals surface area contributed by atoms with E-state index in [0.717, 1.165) is 51.4 Å². The van der Waals surface area contributed by atoms with Crippen molar-refractivity contribution in [2.45, 2.75) is 12.8 Å². The Hall–Kier alpha value is -1.10. The second kappa shape index (κ2) is 6.57. The van der Waals surface area contributed by atoms with Crippen molar-refractivity contribution in [2.75, 3.05) is 58.2 Å². The van der Waals surface area contributed by atoms with Crippen LogP contribution in [0.2, 0.25) is 0 Å². The average Bonchev–Trinajstić information content (AvgIpc) is 2.68. The van der Waals surface area contributed by atoms with Crippen LogP contribution in [0, 0.1) is 0 Å². The van der Waals surface area contributed by atoms with E-state index in [-0.39, 0.29) is 0 Å². The molecule has 110 valence electrons. The highest BCUT2D eigenvalue weighted by Crippen LogP contribution is 2.18. The molecule has 0 radical (unpaired) electrons. The van der Waals surface area contributed by atoms with Crippen LogP contribution in [0.25, 0.3) is 0 Å². The van der Waals surface area contributed by atoms with Gasteiger partial charge in [-0.3, -0.25) is 4.90 Å². The summed E-state index contributed by atoms with van der Waals surface area (Å²) in [5, 5.41) is 0. The van der Waals surface area contributed by atoms with Gasteiger partial charge in [0.15, 0.2) is 0 Å². The Morgan fingerprint density at radius 3 is 2.30 bits per heavy atom. The molecule has 0 aromatic heterocycles. The van der Waals surface area contributed by atoms with Crippen LogP contribution >= 0.6 is 0 Å². The largest absolute Gasteiger partial charge is 0.399 e. The van der Waals surface area contributed by atoms with Gasteiger partial charge in [-0.15, -0.1) is 0 Å². The van der Waals surface area contributed by atoms with Gasteiger partial charge in [0.25, 0.3) is 0 Å². The molecule has 1 aromatic carbocycles. The highest BCUT2D eigenvalue weighted by Gasteiger charge is 2.16. The van der Waals surface area contributed by atoms with Crippen LogP contribution in [0.4, 0.5) is 5.69 Å². The lowest BCUT2D eigenvalue weighted by Gasteiger charge is -2.29. The van der Waals surface area contributed by atoms with Crippen molar-refractivity contribution < 1.29 is 4.74 Å². The van der Waals surface area contributed by atoms with Gasteiger partial charge in [0.1, 0.15) is 0 Å². The minimum absolute atomic E-state index is 0.894. The van der Waals surface area contributed by atoms with Crippen molar-refractivity contribution in [3.8, 4) is 0 Å². The number of nitrogens with zero attached hydrogens (tertiary/aromatic N) is 2. The predicted molar refractivity (Wildman–Crippen MR) is 82.0 cm³/mol. The molecule has 0 amide bonds. The molecule has 4 heteroatoms. The molecular formula is C16H25N3O. The fourth-order valence-corrected chi connectivity index (χ4v) is 3.12. The van der Waals surface area contributed by atoms with E-state index in [2.05, 4.69) is 21.9 Å². The number of ether oxygens (including phenoxy) is 1. The second-order valence-corrected chi connectivity index (χ2v) is 5.82. The van der Waals surface area contributed by atoms with Crippen molar-refractivity contribution >= 4 is 5.69 Å². The van der Waals surface area contributed by atoms with Crippen LogP contribution < -0.4 is 5.73 Å². The van der Waals surface area contributed by atoms with Gasteiger partial charge in [-0.2, -0.15) is 0 Å².